The first-order valence-electron chi connectivity index (χ1n) is 12.3. The van der Waals surface area contributed by atoms with Crippen LogP contribution in [0.1, 0.15) is 64.2 Å². The molecule has 2 aliphatic carbocycles. The Kier molecular flexibility index (Phi) is 9.67. The number of anilines is 1. The molecule has 0 heterocycles. The van der Waals surface area contributed by atoms with Gasteiger partial charge in [0, 0.05) is 25.3 Å². The van der Waals surface area contributed by atoms with Gasteiger partial charge in [-0.3, -0.25) is 0 Å². The molecule has 0 spiro atoms. The van der Waals surface area contributed by atoms with Gasteiger partial charge in [-0.1, -0.05) is 88.9 Å². The van der Waals surface area contributed by atoms with E-state index in [1.165, 1.54) is 81.0 Å². The van der Waals surface area contributed by atoms with Crippen molar-refractivity contribution < 1.29 is 17.3 Å². The molecule has 2 fully saturated rings. The first kappa shape index (κ1) is 26.1. The molecule has 4 rings (SSSR count). The van der Waals surface area contributed by atoms with Crippen molar-refractivity contribution in [2.24, 2.45) is 0 Å². The van der Waals surface area contributed by atoms with Gasteiger partial charge in [0.2, 0.25) is 0 Å². The van der Waals surface area contributed by atoms with Gasteiger partial charge in [0.15, 0.2) is 0 Å². The van der Waals surface area contributed by atoms with Gasteiger partial charge in [-0.2, -0.15) is 0 Å². The molecule has 0 atom stereocenters. The van der Waals surface area contributed by atoms with E-state index in [-0.39, 0.29) is 7.92 Å². The summed E-state index contributed by atoms with van der Waals surface area (Å²) in [6.45, 7) is 0. The van der Waals surface area contributed by atoms with Crippen LogP contribution in [0.3, 0.4) is 0 Å². The predicted molar refractivity (Wildman–Crippen MR) is 137 cm³/mol. The zero-order chi connectivity index (χ0) is 23.8. The Morgan fingerprint density at radius 3 is 1.58 bits per heavy atom. The molecule has 2 aromatic carbocycles. The number of benzene rings is 2. The average molecular weight is 480 g/mol. The summed E-state index contributed by atoms with van der Waals surface area (Å²) in [5.74, 6) is 0. The Hall–Kier alpha value is -1.55. The number of para-hydroxylation sites is 1. The largest absolute Gasteiger partial charge is 0.673 e. The summed E-state index contributed by atoms with van der Waals surface area (Å²) in [7, 11) is -1.74. The molecule has 0 unspecified atom stereocenters. The minimum Gasteiger partial charge on any atom is -0.418 e. The normalized spacial score (nSPS) is 18.0. The van der Waals surface area contributed by atoms with Gasteiger partial charge in [-0.15, -0.1) is 0 Å². The highest BCUT2D eigenvalue weighted by atomic mass is 31.1. The van der Waals surface area contributed by atoms with Crippen LogP contribution in [-0.2, 0) is 0 Å². The highest BCUT2D eigenvalue weighted by Crippen LogP contribution is 2.56. The number of nitrogens with zero attached hydrogens (tertiary/aromatic N) is 1. The van der Waals surface area contributed by atoms with Crippen molar-refractivity contribution in [3.05, 3.63) is 48.5 Å². The second kappa shape index (κ2) is 12.2. The second-order valence-electron chi connectivity index (χ2n) is 9.41. The van der Waals surface area contributed by atoms with Crippen molar-refractivity contribution in [1.82, 2.24) is 0 Å². The van der Waals surface area contributed by atoms with E-state index in [0.717, 1.165) is 11.3 Å². The molecule has 2 aliphatic rings. The summed E-state index contributed by atoms with van der Waals surface area (Å²) in [6, 6.07) is 18.4. The molecular formula is C26H36BF4NP-. The van der Waals surface area contributed by atoms with Gasteiger partial charge in [0.05, 0.1) is 0 Å². The van der Waals surface area contributed by atoms with E-state index in [1.54, 1.807) is 5.30 Å². The molecule has 0 N–H and O–H groups in total. The van der Waals surface area contributed by atoms with Crippen LogP contribution in [-0.4, -0.2) is 32.7 Å². The molecule has 2 saturated carbocycles. The quantitative estimate of drug-likeness (QED) is 0.236. The van der Waals surface area contributed by atoms with E-state index < -0.39 is 7.25 Å². The van der Waals surface area contributed by atoms with Gasteiger partial charge >= 0.3 is 7.25 Å². The maximum atomic E-state index is 9.75. The van der Waals surface area contributed by atoms with E-state index in [2.05, 4.69) is 67.5 Å². The van der Waals surface area contributed by atoms with Crippen LogP contribution < -0.4 is 10.2 Å². The molecule has 0 aliphatic heterocycles. The van der Waals surface area contributed by atoms with Gasteiger partial charge in [-0.05, 0) is 53.9 Å². The number of hydrogen-bond acceptors (Lipinski definition) is 1. The zero-order valence-corrected chi connectivity index (χ0v) is 20.7. The zero-order valence-electron chi connectivity index (χ0n) is 19.8. The van der Waals surface area contributed by atoms with Crippen LogP contribution in [0, 0.1) is 0 Å². The fourth-order valence-corrected chi connectivity index (χ4v) is 9.39. The molecule has 7 heteroatoms. The lowest BCUT2D eigenvalue weighted by Crippen LogP contribution is -2.27. The molecular weight excluding hydrogens is 444 g/mol. The first-order valence-corrected chi connectivity index (χ1v) is 13.7. The summed E-state index contributed by atoms with van der Waals surface area (Å²) in [4.78, 5) is 2.27. The van der Waals surface area contributed by atoms with Crippen molar-refractivity contribution in [3.63, 3.8) is 0 Å². The monoisotopic (exact) mass is 480 g/mol. The fourth-order valence-electron chi connectivity index (χ4n) is 5.43. The molecule has 0 saturated heterocycles. The van der Waals surface area contributed by atoms with E-state index >= 15 is 0 Å². The van der Waals surface area contributed by atoms with E-state index in [4.69, 9.17) is 0 Å². The van der Waals surface area contributed by atoms with Gasteiger partial charge in [-0.25, -0.2) is 0 Å². The average Bonchev–Trinajstić information content (AvgIpc) is 2.80. The standard InChI is InChI=1S/C26H36NP.BF4/c1-27(2)25-19-11-9-17-23(25)24-18-10-12-20-26(24)28(21-13-5-3-6-14-21)22-15-7-4-8-16-22;2-1(3,4)5/h9-12,17-22H,3-8,13-16H2,1-2H3;/q;-1. The highest BCUT2D eigenvalue weighted by molar-refractivity contribution is 7.67. The summed E-state index contributed by atoms with van der Waals surface area (Å²) in [5, 5.41) is 1.70. The van der Waals surface area contributed by atoms with Gasteiger partial charge < -0.3 is 22.2 Å². The molecule has 0 aromatic heterocycles. The summed E-state index contributed by atoms with van der Waals surface area (Å²) in [6.07, 6.45) is 14.6. The molecule has 0 bridgehead atoms. The lowest BCUT2D eigenvalue weighted by Gasteiger charge is -2.39. The number of rotatable bonds is 5. The van der Waals surface area contributed by atoms with Gasteiger partial charge in [0.25, 0.3) is 0 Å². The van der Waals surface area contributed by atoms with Crippen molar-refractivity contribution in [2.45, 2.75) is 75.5 Å². The first-order chi connectivity index (χ1) is 15.8. The highest BCUT2D eigenvalue weighted by Gasteiger charge is 2.33. The third kappa shape index (κ3) is 7.74. The second-order valence-corrected chi connectivity index (χ2v) is 12.2. The third-order valence-corrected chi connectivity index (χ3v) is 10.3. The Morgan fingerprint density at radius 1 is 0.667 bits per heavy atom. The third-order valence-electron chi connectivity index (χ3n) is 6.79. The summed E-state index contributed by atoms with van der Waals surface area (Å²) < 4.78 is 39.0. The van der Waals surface area contributed by atoms with Crippen LogP contribution in [0.5, 0.6) is 0 Å². The van der Waals surface area contributed by atoms with E-state index in [1.807, 2.05) is 0 Å². The van der Waals surface area contributed by atoms with Crippen molar-refractivity contribution in [1.29, 1.82) is 0 Å². The van der Waals surface area contributed by atoms with Crippen molar-refractivity contribution >= 4 is 26.2 Å². The number of hydrogen-bond donors (Lipinski definition) is 0. The molecule has 2 aromatic rings. The van der Waals surface area contributed by atoms with Crippen LogP contribution >= 0.6 is 7.92 Å². The van der Waals surface area contributed by atoms with Crippen molar-refractivity contribution in [2.75, 3.05) is 19.0 Å². The maximum Gasteiger partial charge on any atom is 0.673 e. The Bertz CT molecular complexity index is 837. The smallest absolute Gasteiger partial charge is 0.418 e. The van der Waals surface area contributed by atoms with E-state index in [9.17, 15) is 17.3 Å². The minimum absolute atomic E-state index is 0.0867. The minimum atomic E-state index is -6.00. The van der Waals surface area contributed by atoms with Crippen LogP contribution in [0.4, 0.5) is 23.0 Å². The predicted octanol–water partition coefficient (Wildman–Crippen LogP) is 8.49. The van der Waals surface area contributed by atoms with Crippen LogP contribution in [0.15, 0.2) is 48.5 Å². The molecule has 33 heavy (non-hydrogen) atoms. The number of halogens is 4. The Morgan fingerprint density at radius 2 is 1.09 bits per heavy atom. The SMILES string of the molecule is CN(C)c1ccccc1-c1ccccc1P(C1CCCCC1)C1CCCCC1.F[B-](F)(F)F. The van der Waals surface area contributed by atoms with Gasteiger partial charge in [0.1, 0.15) is 0 Å². The Balaban J connectivity index is 0.000000555. The summed E-state index contributed by atoms with van der Waals surface area (Å²) >= 11 is 0. The topological polar surface area (TPSA) is 3.24 Å². The van der Waals surface area contributed by atoms with Crippen LogP contribution in [0.2, 0.25) is 0 Å². The van der Waals surface area contributed by atoms with E-state index in [0.29, 0.717) is 0 Å². The molecule has 0 amide bonds. The van der Waals surface area contributed by atoms with Crippen molar-refractivity contribution in [3.8, 4) is 11.1 Å². The lowest BCUT2D eigenvalue weighted by molar-refractivity contribution is 0.368. The molecule has 0 radical (unpaired) electrons. The fraction of sp³-hybridized carbons (Fsp3) is 0.538. The molecule has 1 nitrogen and oxygen atoms in total. The summed E-state index contributed by atoms with van der Waals surface area (Å²) in [5.41, 5.74) is 6.16. The molecule has 182 valence electrons. The lowest BCUT2D eigenvalue weighted by atomic mass is 9.99. The Labute approximate surface area is 197 Å². The van der Waals surface area contributed by atoms with Crippen LogP contribution in [0.25, 0.3) is 11.1 Å². The maximum absolute atomic E-state index is 9.75.